The van der Waals surface area contributed by atoms with E-state index in [0.717, 1.165) is 6.08 Å². The van der Waals surface area contributed by atoms with Crippen LogP contribution < -0.4 is 0 Å². The molecule has 0 saturated heterocycles. The van der Waals surface area contributed by atoms with Crippen LogP contribution in [-0.4, -0.2) is 5.97 Å². The molecular weight excluding hydrogens is 117 g/mol. The molecule has 0 saturated carbocycles. The van der Waals surface area contributed by atoms with Crippen LogP contribution in [0.2, 0.25) is 0 Å². The quantitative estimate of drug-likeness (QED) is 0.405. The van der Waals surface area contributed by atoms with Crippen LogP contribution >= 0.6 is 0 Å². The lowest BCUT2D eigenvalue weighted by Crippen LogP contribution is -1.74. The number of halogens is 1. The molecule has 0 heterocycles. The van der Waals surface area contributed by atoms with E-state index in [0.29, 0.717) is 0 Å². The molecule has 1 nitrogen and oxygen atoms in total. The van der Waals surface area contributed by atoms with Crippen molar-refractivity contribution in [2.24, 2.45) is 4.99 Å². The van der Waals surface area contributed by atoms with E-state index in [2.05, 4.69) is 18.2 Å². The van der Waals surface area contributed by atoms with Crippen LogP contribution in [0.25, 0.3) is 0 Å². The maximum Gasteiger partial charge on any atom is 0.212 e. The largest absolute Gasteiger partial charge is 0.228 e. The third-order valence-corrected chi connectivity index (χ3v) is 0.588. The maximum atomic E-state index is 12.0. The monoisotopic (exact) mass is 125 g/mol. The van der Waals surface area contributed by atoms with Gasteiger partial charge in [0.15, 0.2) is 0 Å². The van der Waals surface area contributed by atoms with Crippen molar-refractivity contribution in [2.75, 3.05) is 0 Å². The smallest absolute Gasteiger partial charge is 0.212 e. The minimum Gasteiger partial charge on any atom is -0.228 e. The third-order valence-electron chi connectivity index (χ3n) is 0.588. The topological polar surface area (TPSA) is 12.4 Å². The first-order chi connectivity index (χ1) is 4.31. The van der Waals surface area contributed by atoms with Gasteiger partial charge >= 0.3 is 0 Å². The highest BCUT2D eigenvalue weighted by atomic mass is 19.1. The van der Waals surface area contributed by atoms with Gasteiger partial charge in [-0.05, 0) is 12.2 Å². The molecule has 9 heavy (non-hydrogen) atoms. The molecule has 0 spiro atoms. The van der Waals surface area contributed by atoms with Gasteiger partial charge in [-0.25, -0.2) is 4.99 Å². The Balaban J connectivity index is 3.81. The molecule has 0 N–H and O–H groups in total. The Labute approximate surface area is 53.9 Å². The Hall–Kier alpha value is -1.18. The lowest BCUT2D eigenvalue weighted by Gasteiger charge is -1.76. The first-order valence-electron chi connectivity index (χ1n) is 2.44. The van der Waals surface area contributed by atoms with Gasteiger partial charge in [-0.3, -0.25) is 0 Å². The van der Waals surface area contributed by atoms with Crippen molar-refractivity contribution in [3.05, 3.63) is 37.6 Å². The fourth-order valence-electron chi connectivity index (χ4n) is 0.228. The van der Waals surface area contributed by atoms with Crippen molar-refractivity contribution in [2.45, 2.75) is 0 Å². The molecule has 0 aromatic carbocycles. The van der Waals surface area contributed by atoms with Gasteiger partial charge in [0.05, 0.1) is 0 Å². The van der Waals surface area contributed by atoms with E-state index in [9.17, 15) is 4.39 Å². The molecule has 0 amide bonds. The first-order valence-corrected chi connectivity index (χ1v) is 2.44. The zero-order valence-electron chi connectivity index (χ0n) is 5.05. The summed E-state index contributed by atoms with van der Waals surface area (Å²) in [5, 5.41) is 0. The molecule has 0 rings (SSSR count). The first kappa shape index (κ1) is 7.82. The van der Waals surface area contributed by atoms with Gasteiger partial charge in [-0.1, -0.05) is 19.2 Å². The molecule has 0 aliphatic rings. The summed E-state index contributed by atoms with van der Waals surface area (Å²) in [6.07, 6.45) is 5.39. The van der Waals surface area contributed by atoms with Gasteiger partial charge in [0.2, 0.25) is 5.97 Å². The van der Waals surface area contributed by atoms with E-state index in [4.69, 9.17) is 0 Å². The molecule has 2 heteroatoms. The van der Waals surface area contributed by atoms with E-state index in [1.165, 1.54) is 18.4 Å². The van der Waals surface area contributed by atoms with Gasteiger partial charge in [0.1, 0.15) is 0 Å². The lowest BCUT2D eigenvalue weighted by molar-refractivity contribution is 0.813. The van der Waals surface area contributed by atoms with E-state index in [1.54, 1.807) is 0 Å². The molecule has 48 valence electrons. The summed E-state index contributed by atoms with van der Waals surface area (Å²) < 4.78 is 12.0. The van der Waals surface area contributed by atoms with Crippen LogP contribution in [-0.2, 0) is 0 Å². The average Bonchev–Trinajstić information content (AvgIpc) is 1.89. The van der Waals surface area contributed by atoms with Crippen molar-refractivity contribution in [3.63, 3.8) is 0 Å². The molecule has 0 unspecified atom stereocenters. The van der Waals surface area contributed by atoms with Gasteiger partial charge in [0.25, 0.3) is 0 Å². The van der Waals surface area contributed by atoms with E-state index >= 15 is 0 Å². The molecule has 0 radical (unpaired) electrons. The Kier molecular flexibility index (Phi) is 4.32. The van der Waals surface area contributed by atoms with Crippen LogP contribution in [0.15, 0.2) is 42.6 Å². The molecule has 0 aliphatic heterocycles. The van der Waals surface area contributed by atoms with Crippen LogP contribution in [0.1, 0.15) is 0 Å². The van der Waals surface area contributed by atoms with E-state index in [-0.39, 0.29) is 0 Å². The summed E-state index contributed by atoms with van der Waals surface area (Å²) in [6.45, 7) is 6.55. The highest BCUT2D eigenvalue weighted by Crippen LogP contribution is 1.83. The Bertz CT molecular complexity index is 156. The van der Waals surface area contributed by atoms with Crippen LogP contribution in [0.3, 0.4) is 0 Å². The number of hydrogen-bond donors (Lipinski definition) is 0. The third kappa shape index (κ3) is 4.68. The second-order valence-corrected chi connectivity index (χ2v) is 1.23. The minimum absolute atomic E-state index is 0.590. The summed E-state index contributed by atoms with van der Waals surface area (Å²) in [7, 11) is 0. The summed E-state index contributed by atoms with van der Waals surface area (Å²) in [6, 6.07) is 0. The fourth-order valence-corrected chi connectivity index (χ4v) is 0.228. The highest BCUT2D eigenvalue weighted by Gasteiger charge is 1.78. The van der Waals surface area contributed by atoms with Crippen molar-refractivity contribution in [1.82, 2.24) is 0 Å². The fraction of sp³-hybridized carbons (Fsp3) is 0. The average molecular weight is 125 g/mol. The summed E-state index contributed by atoms with van der Waals surface area (Å²) in [5.41, 5.74) is 0. The lowest BCUT2D eigenvalue weighted by atomic mass is 10.6. The van der Waals surface area contributed by atoms with Crippen molar-refractivity contribution in [1.29, 1.82) is 0 Å². The molecule has 0 fully saturated rings. The SMILES string of the molecule is C=C/C=C\N=C(F)C=C. The Morgan fingerprint density at radius 3 is 2.56 bits per heavy atom. The normalized spacial score (nSPS) is 11.9. The summed E-state index contributed by atoms with van der Waals surface area (Å²) >= 11 is 0. The highest BCUT2D eigenvalue weighted by molar-refractivity contribution is 5.86. The molecular formula is C7H8FN. The van der Waals surface area contributed by atoms with Gasteiger partial charge < -0.3 is 0 Å². The van der Waals surface area contributed by atoms with Crippen LogP contribution in [0.4, 0.5) is 4.39 Å². The van der Waals surface area contributed by atoms with Gasteiger partial charge in [-0.15, -0.1) is 0 Å². The molecule has 0 aliphatic carbocycles. The molecule has 0 atom stereocenters. The Morgan fingerprint density at radius 1 is 1.44 bits per heavy atom. The van der Waals surface area contributed by atoms with Crippen molar-refractivity contribution < 1.29 is 4.39 Å². The number of rotatable bonds is 3. The number of nitrogens with zero attached hydrogens (tertiary/aromatic N) is 1. The number of allylic oxidation sites excluding steroid dienone is 3. The van der Waals surface area contributed by atoms with Crippen LogP contribution in [0, 0.1) is 0 Å². The predicted octanol–water partition coefficient (Wildman–Crippen LogP) is 2.24. The predicted molar refractivity (Wildman–Crippen MR) is 38.1 cm³/mol. The summed E-state index contributed by atoms with van der Waals surface area (Å²) in [5.74, 6) is -0.590. The standard InChI is InChI=1S/C7H8FN/c1-3-5-6-9-7(8)4-2/h3-6H,1-2H2/b6-5-,9-7?. The molecule has 0 bridgehead atoms. The molecule has 0 aromatic rings. The van der Waals surface area contributed by atoms with Crippen LogP contribution in [0.5, 0.6) is 0 Å². The van der Waals surface area contributed by atoms with Crippen molar-refractivity contribution in [3.8, 4) is 0 Å². The van der Waals surface area contributed by atoms with Gasteiger partial charge in [-0.2, -0.15) is 4.39 Å². The zero-order chi connectivity index (χ0) is 7.11. The number of hydrogen-bond acceptors (Lipinski definition) is 1. The maximum absolute atomic E-state index is 12.0. The van der Waals surface area contributed by atoms with Gasteiger partial charge in [0, 0.05) is 6.20 Å². The second kappa shape index (κ2) is 4.97. The summed E-state index contributed by atoms with van der Waals surface area (Å²) in [4.78, 5) is 3.31. The zero-order valence-corrected chi connectivity index (χ0v) is 5.05. The molecule has 0 aromatic heterocycles. The van der Waals surface area contributed by atoms with E-state index < -0.39 is 5.97 Å². The minimum atomic E-state index is -0.590. The Morgan fingerprint density at radius 2 is 2.11 bits per heavy atom. The van der Waals surface area contributed by atoms with Crippen molar-refractivity contribution >= 4 is 5.97 Å². The second-order valence-electron chi connectivity index (χ2n) is 1.23. The number of aliphatic imine (C=N–C) groups is 1. The van der Waals surface area contributed by atoms with E-state index in [1.807, 2.05) is 0 Å².